The molecule has 0 saturated carbocycles. The lowest BCUT2D eigenvalue weighted by molar-refractivity contribution is 0.594. The molecule has 68 valence electrons. The number of rotatable bonds is 5. The lowest BCUT2D eigenvalue weighted by atomic mass is 10.1. The normalized spacial score (nSPS) is 11.7. The first-order chi connectivity index (χ1) is 5.70. The molecule has 0 spiro atoms. The van der Waals surface area contributed by atoms with Crippen LogP contribution in [0.4, 0.5) is 0 Å². The topological polar surface area (TPSA) is 85.7 Å². The maximum absolute atomic E-state index is 8.61. The van der Waals surface area contributed by atoms with Crippen LogP contribution in [0, 0.1) is 16.7 Å². The zero-order valence-electron chi connectivity index (χ0n) is 7.43. The SMILES string of the molecule is CCCCCC(C#N)NC(=N)N. The van der Waals surface area contributed by atoms with Gasteiger partial charge < -0.3 is 11.1 Å². The van der Waals surface area contributed by atoms with Crippen molar-refractivity contribution in [1.29, 1.82) is 10.7 Å². The summed E-state index contributed by atoms with van der Waals surface area (Å²) in [7, 11) is 0. The van der Waals surface area contributed by atoms with Crippen LogP contribution in [0.25, 0.3) is 0 Å². The molecule has 1 atom stereocenters. The third kappa shape index (κ3) is 5.54. The number of guanidine groups is 1. The lowest BCUT2D eigenvalue weighted by Gasteiger charge is -2.09. The van der Waals surface area contributed by atoms with Gasteiger partial charge in [0.15, 0.2) is 5.96 Å². The highest BCUT2D eigenvalue weighted by Gasteiger charge is 2.05. The van der Waals surface area contributed by atoms with Crippen LogP contribution in [-0.2, 0) is 0 Å². The van der Waals surface area contributed by atoms with Gasteiger partial charge in [0.2, 0.25) is 0 Å². The number of nitrogens with zero attached hydrogens (tertiary/aromatic N) is 1. The van der Waals surface area contributed by atoms with Gasteiger partial charge in [-0.1, -0.05) is 26.2 Å². The summed E-state index contributed by atoms with van der Waals surface area (Å²) in [4.78, 5) is 0. The van der Waals surface area contributed by atoms with Crippen LogP contribution in [0.2, 0.25) is 0 Å². The van der Waals surface area contributed by atoms with Crippen LogP contribution < -0.4 is 11.1 Å². The molecule has 0 radical (unpaired) electrons. The summed E-state index contributed by atoms with van der Waals surface area (Å²) >= 11 is 0. The summed E-state index contributed by atoms with van der Waals surface area (Å²) in [5.74, 6) is -0.127. The largest absolute Gasteiger partial charge is 0.370 e. The second-order valence-corrected chi connectivity index (χ2v) is 2.74. The predicted molar refractivity (Wildman–Crippen MR) is 48.6 cm³/mol. The van der Waals surface area contributed by atoms with Crippen molar-refractivity contribution < 1.29 is 0 Å². The molecule has 0 bridgehead atoms. The van der Waals surface area contributed by atoms with E-state index >= 15 is 0 Å². The van der Waals surface area contributed by atoms with Crippen LogP contribution in [0.1, 0.15) is 32.6 Å². The molecular formula is C8H16N4. The van der Waals surface area contributed by atoms with Crippen molar-refractivity contribution in [1.82, 2.24) is 5.32 Å². The van der Waals surface area contributed by atoms with E-state index in [1.54, 1.807) is 0 Å². The summed E-state index contributed by atoms with van der Waals surface area (Å²) in [5.41, 5.74) is 5.09. The zero-order chi connectivity index (χ0) is 9.40. The highest BCUT2D eigenvalue weighted by molar-refractivity contribution is 5.74. The first kappa shape index (κ1) is 10.8. The minimum atomic E-state index is -0.297. The Kier molecular flexibility index (Phi) is 5.80. The minimum Gasteiger partial charge on any atom is -0.370 e. The molecule has 0 aromatic heterocycles. The highest BCUT2D eigenvalue weighted by atomic mass is 15.1. The second kappa shape index (κ2) is 6.47. The van der Waals surface area contributed by atoms with E-state index < -0.39 is 0 Å². The minimum absolute atomic E-state index is 0.127. The van der Waals surface area contributed by atoms with Crippen LogP contribution in [0.5, 0.6) is 0 Å². The van der Waals surface area contributed by atoms with Crippen LogP contribution in [0.3, 0.4) is 0 Å². The summed E-state index contributed by atoms with van der Waals surface area (Å²) in [6.07, 6.45) is 4.04. The molecule has 0 amide bonds. The molecule has 0 fully saturated rings. The molecule has 4 heteroatoms. The number of nitrogens with two attached hydrogens (primary N) is 1. The molecule has 0 rings (SSSR count). The van der Waals surface area contributed by atoms with E-state index in [0.29, 0.717) is 0 Å². The van der Waals surface area contributed by atoms with Crippen molar-refractivity contribution in [2.45, 2.75) is 38.6 Å². The van der Waals surface area contributed by atoms with E-state index in [1.165, 1.54) is 0 Å². The third-order valence-corrected chi connectivity index (χ3v) is 1.58. The number of nitriles is 1. The molecule has 0 heterocycles. The Morgan fingerprint density at radius 3 is 2.75 bits per heavy atom. The van der Waals surface area contributed by atoms with Crippen LogP contribution in [0.15, 0.2) is 0 Å². The van der Waals surface area contributed by atoms with Gasteiger partial charge in [0.05, 0.1) is 6.07 Å². The molecule has 0 aliphatic carbocycles. The van der Waals surface area contributed by atoms with Crippen LogP contribution >= 0.6 is 0 Å². The van der Waals surface area contributed by atoms with Crippen LogP contribution in [-0.4, -0.2) is 12.0 Å². The third-order valence-electron chi connectivity index (χ3n) is 1.58. The molecule has 4 nitrogen and oxygen atoms in total. The Balaban J connectivity index is 3.55. The predicted octanol–water partition coefficient (Wildman–Crippen LogP) is 0.942. The molecule has 1 unspecified atom stereocenters. The molecule has 12 heavy (non-hydrogen) atoms. The lowest BCUT2D eigenvalue weighted by Crippen LogP contribution is -2.38. The smallest absolute Gasteiger partial charge is 0.186 e. The van der Waals surface area contributed by atoms with Crippen molar-refractivity contribution in [3.05, 3.63) is 0 Å². The molecule has 4 N–H and O–H groups in total. The van der Waals surface area contributed by atoms with Crippen molar-refractivity contribution in [2.75, 3.05) is 0 Å². The van der Waals surface area contributed by atoms with Crippen molar-refractivity contribution >= 4 is 5.96 Å². The van der Waals surface area contributed by atoms with Gasteiger partial charge in [-0.3, -0.25) is 5.41 Å². The first-order valence-corrected chi connectivity index (χ1v) is 4.20. The second-order valence-electron chi connectivity index (χ2n) is 2.74. The van der Waals surface area contributed by atoms with Gasteiger partial charge in [0, 0.05) is 0 Å². The summed E-state index contributed by atoms with van der Waals surface area (Å²) in [6, 6.07) is 1.76. The fourth-order valence-electron chi connectivity index (χ4n) is 0.955. The van der Waals surface area contributed by atoms with Gasteiger partial charge >= 0.3 is 0 Å². The molecule has 0 aromatic rings. The van der Waals surface area contributed by atoms with E-state index in [-0.39, 0.29) is 12.0 Å². The van der Waals surface area contributed by atoms with E-state index in [2.05, 4.69) is 18.3 Å². The van der Waals surface area contributed by atoms with Gasteiger partial charge in [-0.25, -0.2) is 0 Å². The first-order valence-electron chi connectivity index (χ1n) is 4.20. The Labute approximate surface area is 73.3 Å². The average molecular weight is 168 g/mol. The maximum Gasteiger partial charge on any atom is 0.186 e. The molecule has 0 aliphatic rings. The fraction of sp³-hybridized carbons (Fsp3) is 0.750. The molecule has 0 aromatic carbocycles. The molecule has 0 saturated heterocycles. The van der Waals surface area contributed by atoms with Gasteiger partial charge in [0.1, 0.15) is 6.04 Å². The Morgan fingerprint density at radius 2 is 2.33 bits per heavy atom. The number of nitrogens with one attached hydrogen (secondary N) is 2. The Hall–Kier alpha value is -1.24. The Bertz CT molecular complexity index is 170. The van der Waals surface area contributed by atoms with Gasteiger partial charge in [-0.2, -0.15) is 5.26 Å². The highest BCUT2D eigenvalue weighted by Crippen LogP contribution is 2.01. The summed E-state index contributed by atoms with van der Waals surface area (Å²) in [6.45, 7) is 2.11. The van der Waals surface area contributed by atoms with Crippen molar-refractivity contribution in [2.24, 2.45) is 5.73 Å². The van der Waals surface area contributed by atoms with Gasteiger partial charge in [0.25, 0.3) is 0 Å². The fourth-order valence-corrected chi connectivity index (χ4v) is 0.955. The maximum atomic E-state index is 8.61. The number of hydrogen-bond donors (Lipinski definition) is 3. The quantitative estimate of drug-likeness (QED) is 0.324. The molecular weight excluding hydrogens is 152 g/mol. The average Bonchev–Trinajstić information content (AvgIpc) is 2.02. The number of hydrogen-bond acceptors (Lipinski definition) is 2. The number of unbranched alkanes of at least 4 members (excludes halogenated alkanes) is 2. The Morgan fingerprint density at radius 1 is 1.67 bits per heavy atom. The summed E-state index contributed by atoms with van der Waals surface area (Å²) in [5, 5.41) is 18.1. The van der Waals surface area contributed by atoms with Gasteiger partial charge in [-0.15, -0.1) is 0 Å². The van der Waals surface area contributed by atoms with Gasteiger partial charge in [-0.05, 0) is 6.42 Å². The molecule has 0 aliphatic heterocycles. The van der Waals surface area contributed by atoms with E-state index in [0.717, 1.165) is 25.7 Å². The monoisotopic (exact) mass is 168 g/mol. The van der Waals surface area contributed by atoms with Crippen molar-refractivity contribution in [3.63, 3.8) is 0 Å². The zero-order valence-corrected chi connectivity index (χ0v) is 7.43. The summed E-state index contributed by atoms with van der Waals surface area (Å²) < 4.78 is 0. The van der Waals surface area contributed by atoms with Crippen molar-refractivity contribution in [3.8, 4) is 6.07 Å². The standard InChI is InChI=1S/C8H16N4/c1-2-3-4-5-7(6-9)12-8(10)11/h7H,2-5H2,1H3,(H4,10,11,12). The van der Waals surface area contributed by atoms with E-state index in [4.69, 9.17) is 16.4 Å². The van der Waals surface area contributed by atoms with E-state index in [9.17, 15) is 0 Å². The van der Waals surface area contributed by atoms with E-state index in [1.807, 2.05) is 0 Å².